The second kappa shape index (κ2) is 7.04. The molecule has 0 unspecified atom stereocenters. The second-order valence-electron chi connectivity index (χ2n) is 4.81. The van der Waals surface area contributed by atoms with Gasteiger partial charge in [-0.2, -0.15) is 0 Å². The Labute approximate surface area is 126 Å². The van der Waals surface area contributed by atoms with Crippen LogP contribution in [0.25, 0.3) is 0 Å². The van der Waals surface area contributed by atoms with E-state index in [0.717, 1.165) is 17.3 Å². The molecule has 1 aromatic carbocycles. The number of nitrogens with zero attached hydrogens (tertiary/aromatic N) is 3. The van der Waals surface area contributed by atoms with Gasteiger partial charge in [0.15, 0.2) is 5.82 Å². The highest BCUT2D eigenvalue weighted by Crippen LogP contribution is 2.24. The van der Waals surface area contributed by atoms with Crippen LogP contribution in [0.1, 0.15) is 18.3 Å². The van der Waals surface area contributed by atoms with Crippen molar-refractivity contribution in [2.45, 2.75) is 20.5 Å². The zero-order valence-electron chi connectivity index (χ0n) is 13.1. The molecule has 112 valence electrons. The summed E-state index contributed by atoms with van der Waals surface area (Å²) < 4.78 is 5.41. The van der Waals surface area contributed by atoms with E-state index >= 15 is 0 Å². The number of rotatable bonds is 6. The molecular formula is C16H22N4O. The van der Waals surface area contributed by atoms with E-state index in [1.165, 1.54) is 5.56 Å². The Bertz CT molecular complexity index is 601. The van der Waals surface area contributed by atoms with Crippen LogP contribution in [-0.4, -0.2) is 30.7 Å². The van der Waals surface area contributed by atoms with Gasteiger partial charge >= 0.3 is 0 Å². The van der Waals surface area contributed by atoms with Crippen LogP contribution in [0, 0.1) is 6.92 Å². The molecule has 0 fully saturated rings. The summed E-state index contributed by atoms with van der Waals surface area (Å²) in [7, 11) is 3.85. The molecule has 21 heavy (non-hydrogen) atoms. The lowest BCUT2D eigenvalue weighted by Crippen LogP contribution is -2.14. The topological polar surface area (TPSA) is 50.3 Å². The van der Waals surface area contributed by atoms with Gasteiger partial charge in [0, 0.05) is 32.5 Å². The van der Waals surface area contributed by atoms with Gasteiger partial charge in [0.2, 0.25) is 0 Å². The highest BCUT2D eigenvalue weighted by Gasteiger charge is 2.10. The summed E-state index contributed by atoms with van der Waals surface area (Å²) in [6.45, 7) is 5.11. The maximum absolute atomic E-state index is 5.41. The van der Waals surface area contributed by atoms with Gasteiger partial charge in [0.25, 0.3) is 0 Å². The molecule has 0 radical (unpaired) electrons. The zero-order chi connectivity index (χ0) is 15.2. The summed E-state index contributed by atoms with van der Waals surface area (Å²) in [5.74, 6) is 2.31. The molecule has 0 aliphatic heterocycles. The SMILES string of the molecule is CCOCc1nc(NC)cc(N(C)c2cccc(C)c2)n1. The maximum atomic E-state index is 5.41. The Morgan fingerprint density at radius 1 is 1.24 bits per heavy atom. The minimum atomic E-state index is 0.417. The van der Waals surface area contributed by atoms with Gasteiger partial charge in [-0.25, -0.2) is 9.97 Å². The van der Waals surface area contributed by atoms with Gasteiger partial charge in [-0.1, -0.05) is 12.1 Å². The van der Waals surface area contributed by atoms with Crippen LogP contribution in [-0.2, 0) is 11.3 Å². The first kappa shape index (κ1) is 15.3. The first-order chi connectivity index (χ1) is 10.1. The molecule has 0 amide bonds. The zero-order valence-corrected chi connectivity index (χ0v) is 13.1. The van der Waals surface area contributed by atoms with E-state index in [1.807, 2.05) is 38.1 Å². The van der Waals surface area contributed by atoms with Crippen LogP contribution in [0.5, 0.6) is 0 Å². The van der Waals surface area contributed by atoms with E-state index in [9.17, 15) is 0 Å². The Hall–Kier alpha value is -2.14. The molecule has 0 spiro atoms. The lowest BCUT2D eigenvalue weighted by Gasteiger charge is -2.20. The summed E-state index contributed by atoms with van der Waals surface area (Å²) in [4.78, 5) is 11.0. The molecular weight excluding hydrogens is 264 g/mol. The number of hydrogen-bond donors (Lipinski definition) is 1. The third-order valence-corrected chi connectivity index (χ3v) is 3.18. The van der Waals surface area contributed by atoms with Crippen molar-refractivity contribution in [2.24, 2.45) is 0 Å². The van der Waals surface area contributed by atoms with Crippen molar-refractivity contribution in [3.8, 4) is 0 Å². The molecule has 0 aliphatic rings. The van der Waals surface area contributed by atoms with E-state index < -0.39 is 0 Å². The van der Waals surface area contributed by atoms with Crippen LogP contribution in [0.2, 0.25) is 0 Å². The Kier molecular flexibility index (Phi) is 5.11. The van der Waals surface area contributed by atoms with E-state index in [0.29, 0.717) is 19.0 Å². The van der Waals surface area contributed by atoms with E-state index in [-0.39, 0.29) is 0 Å². The minimum Gasteiger partial charge on any atom is -0.374 e. The van der Waals surface area contributed by atoms with Crippen LogP contribution < -0.4 is 10.2 Å². The fraction of sp³-hybridized carbons (Fsp3) is 0.375. The van der Waals surface area contributed by atoms with Crippen molar-refractivity contribution < 1.29 is 4.74 Å². The van der Waals surface area contributed by atoms with Crippen molar-refractivity contribution in [1.29, 1.82) is 0 Å². The second-order valence-corrected chi connectivity index (χ2v) is 4.81. The average molecular weight is 286 g/mol. The highest BCUT2D eigenvalue weighted by molar-refractivity contribution is 5.62. The predicted molar refractivity (Wildman–Crippen MR) is 86.2 cm³/mol. The standard InChI is InChI=1S/C16H22N4O/c1-5-21-11-15-18-14(17-3)10-16(19-15)20(4)13-8-6-7-12(2)9-13/h6-10H,5,11H2,1-4H3,(H,17,18,19). The first-order valence-electron chi connectivity index (χ1n) is 7.08. The molecule has 2 rings (SSSR count). The van der Waals surface area contributed by atoms with Crippen molar-refractivity contribution in [3.63, 3.8) is 0 Å². The molecule has 0 bridgehead atoms. The molecule has 1 aromatic heterocycles. The summed E-state index contributed by atoms with van der Waals surface area (Å²) in [5.41, 5.74) is 2.31. The number of anilines is 3. The number of benzene rings is 1. The number of hydrogen-bond acceptors (Lipinski definition) is 5. The Morgan fingerprint density at radius 3 is 2.71 bits per heavy atom. The largest absolute Gasteiger partial charge is 0.374 e. The Morgan fingerprint density at radius 2 is 2.05 bits per heavy atom. The van der Waals surface area contributed by atoms with Crippen molar-refractivity contribution in [1.82, 2.24) is 9.97 Å². The summed E-state index contributed by atoms with van der Waals surface area (Å²) in [6, 6.07) is 10.2. The molecule has 5 nitrogen and oxygen atoms in total. The molecule has 1 N–H and O–H groups in total. The van der Waals surface area contributed by atoms with Crippen molar-refractivity contribution in [2.75, 3.05) is 30.9 Å². The molecule has 0 atom stereocenters. The molecule has 0 aliphatic carbocycles. The summed E-state index contributed by atoms with van der Waals surface area (Å²) in [6.07, 6.45) is 0. The predicted octanol–water partition coefficient (Wildman–Crippen LogP) is 3.13. The van der Waals surface area contributed by atoms with Crippen molar-refractivity contribution >= 4 is 17.3 Å². The van der Waals surface area contributed by atoms with Gasteiger partial charge in [-0.05, 0) is 31.5 Å². The Balaban J connectivity index is 2.32. The monoisotopic (exact) mass is 286 g/mol. The molecule has 5 heteroatoms. The highest BCUT2D eigenvalue weighted by atomic mass is 16.5. The maximum Gasteiger partial charge on any atom is 0.158 e. The van der Waals surface area contributed by atoms with Gasteiger partial charge < -0.3 is 15.0 Å². The lowest BCUT2D eigenvalue weighted by molar-refractivity contribution is 0.128. The average Bonchev–Trinajstić information content (AvgIpc) is 2.51. The van der Waals surface area contributed by atoms with Gasteiger partial charge in [-0.3, -0.25) is 0 Å². The quantitative estimate of drug-likeness (QED) is 0.884. The first-order valence-corrected chi connectivity index (χ1v) is 7.08. The summed E-state index contributed by atoms with van der Waals surface area (Å²) >= 11 is 0. The van der Waals surface area contributed by atoms with Crippen molar-refractivity contribution in [3.05, 3.63) is 41.7 Å². The molecule has 1 heterocycles. The van der Waals surface area contributed by atoms with E-state index in [4.69, 9.17) is 4.74 Å². The fourth-order valence-electron chi connectivity index (χ4n) is 2.01. The van der Waals surface area contributed by atoms with Gasteiger partial charge in [0.1, 0.15) is 18.2 Å². The van der Waals surface area contributed by atoms with E-state index in [1.54, 1.807) is 0 Å². The number of ether oxygens (including phenoxy) is 1. The van der Waals surface area contributed by atoms with Crippen LogP contribution in [0.4, 0.5) is 17.3 Å². The van der Waals surface area contributed by atoms with Crippen LogP contribution >= 0.6 is 0 Å². The number of nitrogens with one attached hydrogen (secondary N) is 1. The van der Waals surface area contributed by atoms with Crippen LogP contribution in [0.3, 0.4) is 0 Å². The van der Waals surface area contributed by atoms with Gasteiger partial charge in [-0.15, -0.1) is 0 Å². The lowest BCUT2D eigenvalue weighted by atomic mass is 10.2. The third kappa shape index (κ3) is 3.92. The van der Waals surface area contributed by atoms with Crippen LogP contribution in [0.15, 0.2) is 30.3 Å². The molecule has 0 saturated carbocycles. The van der Waals surface area contributed by atoms with E-state index in [2.05, 4.69) is 40.4 Å². The minimum absolute atomic E-state index is 0.417. The summed E-state index contributed by atoms with van der Waals surface area (Å²) in [5, 5.41) is 3.07. The number of aryl methyl sites for hydroxylation is 1. The fourth-order valence-corrected chi connectivity index (χ4v) is 2.01. The molecule has 2 aromatic rings. The molecule has 0 saturated heterocycles. The third-order valence-electron chi connectivity index (χ3n) is 3.18. The normalized spacial score (nSPS) is 10.5. The van der Waals surface area contributed by atoms with Gasteiger partial charge in [0.05, 0.1) is 0 Å². The smallest absolute Gasteiger partial charge is 0.158 e. The number of aromatic nitrogens is 2.